The van der Waals surface area contributed by atoms with E-state index in [0.29, 0.717) is 22.9 Å². The summed E-state index contributed by atoms with van der Waals surface area (Å²) in [4.78, 5) is 29.8. The van der Waals surface area contributed by atoms with Crippen molar-refractivity contribution in [3.63, 3.8) is 0 Å². The Bertz CT molecular complexity index is 1200. The molecule has 0 saturated carbocycles. The SMILES string of the molecule is CC(=O)c1ccc(Oc2ccc(-c3ncn(C(=O)N(C)c4ccccc4)n3)cc2)cc1. The molecule has 31 heavy (non-hydrogen) atoms. The summed E-state index contributed by atoms with van der Waals surface area (Å²) in [6.07, 6.45) is 1.40. The molecule has 0 N–H and O–H groups in total. The molecule has 0 unspecified atom stereocenters. The highest BCUT2D eigenvalue weighted by molar-refractivity contribution is 5.94. The first-order valence-corrected chi connectivity index (χ1v) is 9.65. The van der Waals surface area contributed by atoms with Crippen LogP contribution in [0.3, 0.4) is 0 Å². The third-order valence-electron chi connectivity index (χ3n) is 4.73. The lowest BCUT2D eigenvalue weighted by Gasteiger charge is -2.16. The Morgan fingerprint density at radius 3 is 2.10 bits per heavy atom. The molecule has 0 saturated heterocycles. The molecule has 0 aliphatic rings. The highest BCUT2D eigenvalue weighted by Gasteiger charge is 2.15. The minimum atomic E-state index is -0.307. The van der Waals surface area contributed by atoms with Gasteiger partial charge in [0, 0.05) is 23.9 Å². The Kier molecular flexibility index (Phi) is 5.57. The van der Waals surface area contributed by atoms with Crippen molar-refractivity contribution in [1.82, 2.24) is 14.8 Å². The van der Waals surface area contributed by atoms with Gasteiger partial charge in [-0.2, -0.15) is 4.68 Å². The maximum Gasteiger partial charge on any atom is 0.350 e. The Balaban J connectivity index is 1.45. The highest BCUT2D eigenvalue weighted by Crippen LogP contribution is 2.25. The number of hydrogen-bond acceptors (Lipinski definition) is 5. The zero-order chi connectivity index (χ0) is 21.8. The lowest BCUT2D eigenvalue weighted by Crippen LogP contribution is -2.31. The number of benzene rings is 3. The number of ether oxygens (including phenoxy) is 1. The molecule has 0 bridgehead atoms. The first-order chi connectivity index (χ1) is 15.0. The van der Waals surface area contributed by atoms with Gasteiger partial charge in [-0.3, -0.25) is 9.69 Å². The Labute approximate surface area is 179 Å². The first kappa shape index (κ1) is 20.0. The second-order valence-electron chi connectivity index (χ2n) is 6.90. The van der Waals surface area contributed by atoms with E-state index in [1.165, 1.54) is 22.8 Å². The van der Waals surface area contributed by atoms with Crippen LogP contribution in [-0.2, 0) is 0 Å². The molecule has 3 aromatic carbocycles. The van der Waals surface area contributed by atoms with Gasteiger partial charge in [-0.1, -0.05) is 18.2 Å². The number of aromatic nitrogens is 3. The van der Waals surface area contributed by atoms with E-state index in [-0.39, 0.29) is 11.8 Å². The standard InChI is InChI=1S/C24H20N4O3/c1-17(29)18-8-12-21(13-9-18)31-22-14-10-19(11-15-22)23-25-16-28(26-23)24(30)27(2)20-6-4-3-5-7-20/h3-16H,1-2H3. The number of carbonyl (C=O) groups excluding carboxylic acids is 2. The number of para-hydroxylation sites is 1. The molecule has 0 aliphatic carbocycles. The van der Waals surface area contributed by atoms with Crippen LogP contribution in [0.4, 0.5) is 10.5 Å². The fourth-order valence-corrected chi connectivity index (χ4v) is 2.97. The van der Waals surface area contributed by atoms with Crippen molar-refractivity contribution >= 4 is 17.5 Å². The van der Waals surface area contributed by atoms with Gasteiger partial charge in [0.2, 0.25) is 0 Å². The first-order valence-electron chi connectivity index (χ1n) is 9.65. The van der Waals surface area contributed by atoms with E-state index in [0.717, 1.165) is 11.3 Å². The van der Waals surface area contributed by atoms with Crippen LogP contribution < -0.4 is 9.64 Å². The summed E-state index contributed by atoms with van der Waals surface area (Å²) >= 11 is 0. The van der Waals surface area contributed by atoms with Gasteiger partial charge in [-0.15, -0.1) is 5.10 Å². The summed E-state index contributed by atoms with van der Waals surface area (Å²) in [6.45, 7) is 1.53. The number of hydrogen-bond donors (Lipinski definition) is 0. The topological polar surface area (TPSA) is 77.3 Å². The molecule has 0 aliphatic heterocycles. The quantitative estimate of drug-likeness (QED) is 0.429. The van der Waals surface area contributed by atoms with Crippen molar-refractivity contribution in [2.24, 2.45) is 0 Å². The van der Waals surface area contributed by atoms with E-state index >= 15 is 0 Å². The van der Waals surface area contributed by atoms with Crippen LogP contribution >= 0.6 is 0 Å². The zero-order valence-electron chi connectivity index (χ0n) is 17.1. The monoisotopic (exact) mass is 412 g/mol. The van der Waals surface area contributed by atoms with Gasteiger partial charge in [0.1, 0.15) is 17.8 Å². The number of ketones is 1. The number of carbonyl (C=O) groups is 2. The second kappa shape index (κ2) is 8.62. The van der Waals surface area contributed by atoms with Crippen LogP contribution in [-0.4, -0.2) is 33.6 Å². The number of Topliss-reactive ketones (excluding diaryl/α,β-unsaturated/α-hetero) is 1. The molecular weight excluding hydrogens is 392 g/mol. The Morgan fingerprint density at radius 2 is 1.48 bits per heavy atom. The Morgan fingerprint density at radius 1 is 0.871 bits per heavy atom. The zero-order valence-corrected chi connectivity index (χ0v) is 17.1. The van der Waals surface area contributed by atoms with E-state index < -0.39 is 0 Å². The average molecular weight is 412 g/mol. The molecule has 0 atom stereocenters. The summed E-state index contributed by atoms with van der Waals surface area (Å²) in [7, 11) is 1.69. The molecule has 4 rings (SSSR count). The minimum absolute atomic E-state index is 0.0104. The largest absolute Gasteiger partial charge is 0.457 e. The third kappa shape index (κ3) is 4.51. The van der Waals surface area contributed by atoms with Gasteiger partial charge >= 0.3 is 6.03 Å². The molecule has 0 spiro atoms. The minimum Gasteiger partial charge on any atom is -0.457 e. The molecule has 0 fully saturated rings. The normalized spacial score (nSPS) is 10.5. The van der Waals surface area contributed by atoms with Gasteiger partial charge in [0.25, 0.3) is 0 Å². The van der Waals surface area contributed by atoms with Crippen LogP contribution in [0.5, 0.6) is 11.5 Å². The smallest absolute Gasteiger partial charge is 0.350 e. The Hall–Kier alpha value is -4.26. The number of anilines is 1. The molecule has 4 aromatic rings. The van der Waals surface area contributed by atoms with Crippen molar-refractivity contribution in [3.05, 3.63) is 90.8 Å². The van der Waals surface area contributed by atoms with Crippen molar-refractivity contribution in [3.8, 4) is 22.9 Å². The second-order valence-corrected chi connectivity index (χ2v) is 6.90. The van der Waals surface area contributed by atoms with Crippen molar-refractivity contribution in [2.75, 3.05) is 11.9 Å². The van der Waals surface area contributed by atoms with Crippen LogP contribution in [0.2, 0.25) is 0 Å². The molecule has 1 aromatic heterocycles. The van der Waals surface area contributed by atoms with Gasteiger partial charge in [-0.25, -0.2) is 9.78 Å². The maximum absolute atomic E-state index is 12.7. The van der Waals surface area contributed by atoms with Crippen LogP contribution in [0.15, 0.2) is 85.2 Å². The molecular formula is C24H20N4O3. The molecule has 1 amide bonds. The lowest BCUT2D eigenvalue weighted by atomic mass is 10.1. The summed E-state index contributed by atoms with van der Waals surface area (Å²) in [5.41, 5.74) is 2.16. The van der Waals surface area contributed by atoms with Crippen LogP contribution in [0, 0.1) is 0 Å². The highest BCUT2D eigenvalue weighted by atomic mass is 16.5. The molecule has 0 radical (unpaired) electrons. The van der Waals surface area contributed by atoms with Gasteiger partial charge < -0.3 is 4.74 Å². The predicted octanol–water partition coefficient (Wildman–Crippen LogP) is 5.04. The molecule has 7 heteroatoms. The fourth-order valence-electron chi connectivity index (χ4n) is 2.97. The van der Waals surface area contributed by atoms with E-state index in [1.807, 2.05) is 42.5 Å². The summed E-state index contributed by atoms with van der Waals surface area (Å²) in [6, 6.07) is 23.2. The average Bonchev–Trinajstić information content (AvgIpc) is 3.30. The van der Waals surface area contributed by atoms with Gasteiger partial charge in [0.05, 0.1) is 0 Å². The number of rotatable bonds is 5. The molecule has 7 nitrogen and oxygen atoms in total. The lowest BCUT2D eigenvalue weighted by molar-refractivity contribution is 0.101. The van der Waals surface area contributed by atoms with Gasteiger partial charge in [-0.05, 0) is 67.6 Å². The summed E-state index contributed by atoms with van der Waals surface area (Å²) < 4.78 is 7.02. The van der Waals surface area contributed by atoms with E-state index in [2.05, 4.69) is 10.1 Å². The van der Waals surface area contributed by atoms with E-state index in [4.69, 9.17) is 4.74 Å². The van der Waals surface area contributed by atoms with Crippen LogP contribution in [0.25, 0.3) is 11.4 Å². The van der Waals surface area contributed by atoms with E-state index in [9.17, 15) is 9.59 Å². The number of amides is 1. The molecule has 154 valence electrons. The number of nitrogens with zero attached hydrogens (tertiary/aromatic N) is 4. The van der Waals surface area contributed by atoms with E-state index in [1.54, 1.807) is 43.4 Å². The van der Waals surface area contributed by atoms with Crippen molar-refractivity contribution in [2.45, 2.75) is 6.92 Å². The third-order valence-corrected chi connectivity index (χ3v) is 4.73. The predicted molar refractivity (Wildman–Crippen MR) is 118 cm³/mol. The molecule has 1 heterocycles. The van der Waals surface area contributed by atoms with Gasteiger partial charge in [0.15, 0.2) is 11.6 Å². The van der Waals surface area contributed by atoms with Crippen molar-refractivity contribution in [1.29, 1.82) is 0 Å². The van der Waals surface area contributed by atoms with Crippen molar-refractivity contribution < 1.29 is 14.3 Å². The summed E-state index contributed by atoms with van der Waals surface area (Å²) in [5, 5.41) is 4.31. The van der Waals surface area contributed by atoms with Crippen LogP contribution in [0.1, 0.15) is 17.3 Å². The summed E-state index contributed by atoms with van der Waals surface area (Å²) in [5.74, 6) is 1.72. The fraction of sp³-hybridized carbons (Fsp3) is 0.0833. The maximum atomic E-state index is 12.7.